The largest absolute Gasteiger partial charge is 0.248 e. The van der Waals surface area contributed by atoms with E-state index in [9.17, 15) is 0 Å². The van der Waals surface area contributed by atoms with Crippen LogP contribution in [0.25, 0.3) is 0 Å². The summed E-state index contributed by atoms with van der Waals surface area (Å²) in [6.07, 6.45) is 4.99. The van der Waals surface area contributed by atoms with E-state index in [-0.39, 0.29) is 0 Å². The minimum atomic E-state index is 0.700. The molecule has 0 fully saturated rings. The van der Waals surface area contributed by atoms with Gasteiger partial charge in [-0.25, -0.2) is 8.61 Å². The highest BCUT2D eigenvalue weighted by Gasteiger charge is 2.14. The third kappa shape index (κ3) is 8.81. The molecule has 0 aromatic carbocycles. The second-order valence-electron chi connectivity index (χ2n) is 5.46. The van der Waals surface area contributed by atoms with Crippen molar-refractivity contribution in [2.45, 2.75) is 79.3 Å². The molecule has 0 aliphatic carbocycles. The van der Waals surface area contributed by atoms with Crippen molar-refractivity contribution >= 4 is 23.9 Å². The maximum Gasteiger partial charge on any atom is 0.0185 e. The summed E-state index contributed by atoms with van der Waals surface area (Å²) in [5.41, 5.74) is 0. The first-order valence-electron chi connectivity index (χ1n) is 8.39. The Morgan fingerprint density at radius 2 is 1.05 bits per heavy atom. The van der Waals surface area contributed by atoms with Gasteiger partial charge in [0.2, 0.25) is 0 Å². The van der Waals surface area contributed by atoms with Gasteiger partial charge in [0.05, 0.1) is 0 Å². The Morgan fingerprint density at radius 3 is 1.30 bits per heavy atom. The predicted octanol–water partition coefficient (Wildman–Crippen LogP) is 5.30. The molecule has 0 aliphatic heterocycles. The topological polar surface area (TPSA) is 6.48 Å². The highest BCUT2D eigenvalue weighted by atomic mass is 32.2. The molecule has 0 rings (SSSR count). The maximum atomic E-state index is 2.58. The van der Waals surface area contributed by atoms with Crippen LogP contribution in [-0.2, 0) is 0 Å². The summed E-state index contributed by atoms with van der Waals surface area (Å²) in [4.78, 5) is 0. The first kappa shape index (κ1) is 20.6. The standard InChI is InChI=1S/C16H36N2S2/c1-7-11-17(15(5)9-3)19-13-14-20-18(12-8-2)16(6)10-4/h15-16H,7-14H2,1-6H3. The Balaban J connectivity index is 4.00. The molecular weight excluding hydrogens is 284 g/mol. The average molecular weight is 321 g/mol. The van der Waals surface area contributed by atoms with E-state index in [1.807, 2.05) is 23.9 Å². The molecule has 20 heavy (non-hydrogen) atoms. The Kier molecular flexibility index (Phi) is 13.7. The van der Waals surface area contributed by atoms with Crippen molar-refractivity contribution < 1.29 is 0 Å². The van der Waals surface area contributed by atoms with Gasteiger partial charge in [-0.3, -0.25) is 0 Å². The van der Waals surface area contributed by atoms with Gasteiger partial charge >= 0.3 is 0 Å². The lowest BCUT2D eigenvalue weighted by Crippen LogP contribution is -2.29. The monoisotopic (exact) mass is 320 g/mol. The molecule has 2 atom stereocenters. The first-order valence-corrected chi connectivity index (χ1v) is 10.3. The zero-order valence-corrected chi connectivity index (χ0v) is 16.2. The van der Waals surface area contributed by atoms with Gasteiger partial charge in [0.15, 0.2) is 0 Å². The lowest BCUT2D eigenvalue weighted by molar-refractivity contribution is 0.363. The minimum absolute atomic E-state index is 0.700. The second kappa shape index (κ2) is 13.3. The van der Waals surface area contributed by atoms with Crippen LogP contribution in [0.2, 0.25) is 0 Å². The summed E-state index contributed by atoms with van der Waals surface area (Å²) < 4.78 is 5.15. The zero-order chi connectivity index (χ0) is 15.4. The molecule has 0 amide bonds. The molecule has 0 aromatic rings. The lowest BCUT2D eigenvalue weighted by Gasteiger charge is -2.29. The number of hydrogen-bond donors (Lipinski definition) is 0. The van der Waals surface area contributed by atoms with E-state index in [0.29, 0.717) is 12.1 Å². The quantitative estimate of drug-likeness (QED) is 0.335. The van der Waals surface area contributed by atoms with E-state index in [4.69, 9.17) is 0 Å². The number of hydrogen-bond acceptors (Lipinski definition) is 4. The fraction of sp³-hybridized carbons (Fsp3) is 1.00. The molecule has 0 bridgehead atoms. The van der Waals surface area contributed by atoms with Gasteiger partial charge in [0.1, 0.15) is 0 Å². The molecule has 0 saturated heterocycles. The molecule has 2 nitrogen and oxygen atoms in total. The molecule has 0 saturated carbocycles. The Hall–Kier alpha value is 0.620. The summed E-state index contributed by atoms with van der Waals surface area (Å²) in [5.74, 6) is 2.46. The van der Waals surface area contributed by atoms with Crippen LogP contribution in [0.1, 0.15) is 67.2 Å². The molecule has 0 aromatic heterocycles. The van der Waals surface area contributed by atoms with Gasteiger partial charge in [-0.1, -0.05) is 51.6 Å². The van der Waals surface area contributed by atoms with Crippen molar-refractivity contribution in [3.05, 3.63) is 0 Å². The van der Waals surface area contributed by atoms with E-state index in [1.165, 1.54) is 50.3 Å². The maximum absolute atomic E-state index is 2.58. The predicted molar refractivity (Wildman–Crippen MR) is 98.4 cm³/mol. The summed E-state index contributed by atoms with van der Waals surface area (Å²) >= 11 is 4.09. The molecule has 0 aliphatic rings. The Bertz CT molecular complexity index is 193. The van der Waals surface area contributed by atoms with Crippen molar-refractivity contribution in [1.29, 1.82) is 0 Å². The third-order valence-corrected chi connectivity index (χ3v) is 6.43. The van der Waals surface area contributed by atoms with E-state index in [1.54, 1.807) is 0 Å². The second-order valence-corrected chi connectivity index (χ2v) is 7.73. The molecule has 122 valence electrons. The van der Waals surface area contributed by atoms with Crippen molar-refractivity contribution in [2.75, 3.05) is 24.6 Å². The smallest absolute Gasteiger partial charge is 0.0185 e. The number of rotatable bonds is 13. The van der Waals surface area contributed by atoms with Crippen LogP contribution in [0.15, 0.2) is 0 Å². The van der Waals surface area contributed by atoms with Crippen LogP contribution in [0.4, 0.5) is 0 Å². The lowest BCUT2D eigenvalue weighted by atomic mass is 10.2. The van der Waals surface area contributed by atoms with Gasteiger partial charge in [0.25, 0.3) is 0 Å². The fourth-order valence-electron chi connectivity index (χ4n) is 1.98. The summed E-state index contributed by atoms with van der Waals surface area (Å²) in [5, 5.41) is 0. The van der Waals surface area contributed by atoms with E-state index >= 15 is 0 Å². The molecular formula is C16H36N2S2. The normalized spacial score (nSPS) is 15.0. The van der Waals surface area contributed by atoms with Crippen molar-refractivity contribution in [3.8, 4) is 0 Å². The summed E-state index contributed by atoms with van der Waals surface area (Å²) in [6, 6.07) is 1.40. The summed E-state index contributed by atoms with van der Waals surface area (Å²) in [7, 11) is 0. The minimum Gasteiger partial charge on any atom is -0.248 e. The molecule has 0 heterocycles. The molecule has 4 heteroatoms. The number of nitrogens with zero attached hydrogens (tertiary/aromatic N) is 2. The highest BCUT2D eigenvalue weighted by molar-refractivity contribution is 8.00. The van der Waals surface area contributed by atoms with Gasteiger partial charge < -0.3 is 0 Å². The van der Waals surface area contributed by atoms with Gasteiger partial charge in [0, 0.05) is 36.7 Å². The van der Waals surface area contributed by atoms with Crippen molar-refractivity contribution in [2.24, 2.45) is 0 Å². The third-order valence-electron chi connectivity index (χ3n) is 3.65. The average Bonchev–Trinajstić information content (AvgIpc) is 2.47. The Labute approximate surface area is 136 Å². The van der Waals surface area contributed by atoms with E-state index in [0.717, 1.165) is 0 Å². The van der Waals surface area contributed by atoms with E-state index < -0.39 is 0 Å². The van der Waals surface area contributed by atoms with Crippen LogP contribution in [-0.4, -0.2) is 45.3 Å². The van der Waals surface area contributed by atoms with E-state index in [2.05, 4.69) is 50.2 Å². The fourth-order valence-corrected chi connectivity index (χ4v) is 4.48. The zero-order valence-electron chi connectivity index (χ0n) is 14.5. The summed E-state index contributed by atoms with van der Waals surface area (Å²) in [6.45, 7) is 16.2. The van der Waals surface area contributed by atoms with Crippen LogP contribution in [0, 0.1) is 0 Å². The van der Waals surface area contributed by atoms with Gasteiger partial charge in [-0.05, 0) is 39.5 Å². The van der Waals surface area contributed by atoms with Crippen LogP contribution < -0.4 is 0 Å². The highest BCUT2D eigenvalue weighted by Crippen LogP contribution is 2.22. The first-order chi connectivity index (χ1) is 9.60. The van der Waals surface area contributed by atoms with Crippen LogP contribution in [0.5, 0.6) is 0 Å². The Morgan fingerprint density at radius 1 is 0.700 bits per heavy atom. The molecule has 0 radical (unpaired) electrons. The van der Waals surface area contributed by atoms with Gasteiger partial charge in [-0.15, -0.1) is 0 Å². The SMILES string of the molecule is CCCN(SCCSN(CCC)C(C)CC)C(C)CC. The molecule has 0 spiro atoms. The van der Waals surface area contributed by atoms with Crippen LogP contribution in [0.3, 0.4) is 0 Å². The van der Waals surface area contributed by atoms with Gasteiger partial charge in [-0.2, -0.15) is 0 Å². The van der Waals surface area contributed by atoms with Crippen molar-refractivity contribution in [3.63, 3.8) is 0 Å². The molecule has 0 N–H and O–H groups in total. The molecule has 2 unspecified atom stereocenters. The van der Waals surface area contributed by atoms with Crippen LogP contribution >= 0.6 is 23.9 Å². The van der Waals surface area contributed by atoms with Crippen molar-refractivity contribution in [1.82, 2.24) is 8.61 Å².